The Hall–Kier alpha value is -1.05. The minimum Gasteiger partial charge on any atom is -0.396 e. The zero-order valence-corrected chi connectivity index (χ0v) is 12.5. The molecule has 7 heteroatoms. The van der Waals surface area contributed by atoms with Gasteiger partial charge in [0, 0.05) is 12.6 Å². The molecule has 0 heterocycles. The molecule has 0 saturated heterocycles. The normalized spacial score (nSPS) is 14.3. The Kier molecular flexibility index (Phi) is 5.23. The second-order valence-corrected chi connectivity index (χ2v) is 7.25. The highest BCUT2D eigenvalue weighted by molar-refractivity contribution is 7.89. The Balaban J connectivity index is 3.17. The van der Waals surface area contributed by atoms with Gasteiger partial charge in [0.25, 0.3) is 0 Å². The summed E-state index contributed by atoms with van der Waals surface area (Å²) in [4.78, 5) is -0.993. The highest BCUT2D eigenvalue weighted by Crippen LogP contribution is 2.25. The molecule has 1 unspecified atom stereocenters. The molecule has 4 nitrogen and oxygen atoms in total. The van der Waals surface area contributed by atoms with Crippen LogP contribution >= 0.6 is 0 Å². The molecule has 2 N–H and O–H groups in total. The number of hydrogen-bond donors (Lipinski definition) is 2. The number of nitrogens with one attached hydrogen (secondary N) is 1. The van der Waals surface area contributed by atoms with Crippen LogP contribution in [0.2, 0.25) is 0 Å². The summed E-state index contributed by atoms with van der Waals surface area (Å²) in [5.74, 6) is -2.29. The first-order valence-corrected chi connectivity index (χ1v) is 7.65. The van der Waals surface area contributed by atoms with Gasteiger partial charge < -0.3 is 5.11 Å². The third-order valence-corrected chi connectivity index (χ3v) is 4.47. The van der Waals surface area contributed by atoms with Gasteiger partial charge in [-0.2, -0.15) is 0 Å². The zero-order valence-electron chi connectivity index (χ0n) is 11.7. The highest BCUT2D eigenvalue weighted by Gasteiger charge is 2.32. The van der Waals surface area contributed by atoms with Gasteiger partial charge in [0.2, 0.25) is 10.0 Å². The molecule has 0 bridgehead atoms. The molecule has 0 aliphatic rings. The summed E-state index contributed by atoms with van der Waals surface area (Å²) in [6, 6.07) is 2.22. The SMILES string of the molecule is CC(C)(C)C(CCO)NS(=O)(=O)c1c(F)cccc1F. The number of halogens is 2. The molecule has 1 rings (SSSR count). The first-order chi connectivity index (χ1) is 9.09. The van der Waals surface area contributed by atoms with Gasteiger partial charge in [-0.25, -0.2) is 21.9 Å². The largest absolute Gasteiger partial charge is 0.396 e. The summed E-state index contributed by atoms with van der Waals surface area (Å²) >= 11 is 0. The number of aliphatic hydroxyl groups is 1. The van der Waals surface area contributed by atoms with E-state index < -0.39 is 38.0 Å². The molecule has 0 saturated carbocycles. The summed E-state index contributed by atoms with van der Waals surface area (Å²) < 4.78 is 53.7. The molecule has 0 amide bonds. The fourth-order valence-corrected chi connectivity index (χ4v) is 3.40. The summed E-state index contributed by atoms with van der Waals surface area (Å²) in [5.41, 5.74) is -0.502. The van der Waals surface area contributed by atoms with Gasteiger partial charge in [-0.1, -0.05) is 26.8 Å². The Morgan fingerprint density at radius 3 is 2.15 bits per heavy atom. The topological polar surface area (TPSA) is 66.4 Å². The van der Waals surface area contributed by atoms with Gasteiger partial charge >= 0.3 is 0 Å². The summed E-state index contributed by atoms with van der Waals surface area (Å²) in [7, 11) is -4.34. The maximum Gasteiger partial charge on any atom is 0.246 e. The van der Waals surface area contributed by atoms with Crippen LogP contribution in [-0.4, -0.2) is 26.2 Å². The maximum absolute atomic E-state index is 13.6. The van der Waals surface area contributed by atoms with Crippen LogP contribution in [0, 0.1) is 17.0 Å². The van der Waals surface area contributed by atoms with Crippen molar-refractivity contribution in [3.8, 4) is 0 Å². The van der Waals surface area contributed by atoms with Crippen molar-refractivity contribution in [1.29, 1.82) is 0 Å². The molecule has 0 aromatic heterocycles. The Morgan fingerprint density at radius 2 is 1.75 bits per heavy atom. The lowest BCUT2D eigenvalue weighted by atomic mass is 9.86. The molecular weight excluding hydrogens is 288 g/mol. The van der Waals surface area contributed by atoms with Crippen LogP contribution < -0.4 is 4.72 Å². The third kappa shape index (κ3) is 3.97. The van der Waals surface area contributed by atoms with Crippen LogP contribution in [0.3, 0.4) is 0 Å². The van der Waals surface area contributed by atoms with Crippen LogP contribution in [0.15, 0.2) is 23.1 Å². The molecular formula is C13H19F2NO3S. The second kappa shape index (κ2) is 6.15. The van der Waals surface area contributed by atoms with Gasteiger partial charge in [-0.3, -0.25) is 0 Å². The zero-order chi connectivity index (χ0) is 15.6. The predicted octanol–water partition coefficient (Wildman–Crippen LogP) is 2.04. The van der Waals surface area contributed by atoms with Crippen molar-refractivity contribution in [3.63, 3.8) is 0 Å². The molecule has 1 aromatic rings. The fourth-order valence-electron chi connectivity index (χ4n) is 1.78. The smallest absolute Gasteiger partial charge is 0.246 e. The van der Waals surface area contributed by atoms with Crippen LogP contribution in [0.25, 0.3) is 0 Å². The highest BCUT2D eigenvalue weighted by atomic mass is 32.2. The lowest BCUT2D eigenvalue weighted by Crippen LogP contribution is -2.44. The van der Waals surface area contributed by atoms with Crippen molar-refractivity contribution in [2.45, 2.75) is 38.1 Å². The van der Waals surface area contributed by atoms with Crippen LogP contribution in [0.4, 0.5) is 8.78 Å². The average Bonchev–Trinajstić information content (AvgIpc) is 2.26. The minimum absolute atomic E-state index is 0.152. The van der Waals surface area contributed by atoms with Crippen molar-refractivity contribution in [3.05, 3.63) is 29.8 Å². The minimum atomic E-state index is -4.34. The van der Waals surface area contributed by atoms with E-state index in [1.165, 1.54) is 0 Å². The summed E-state index contributed by atoms with van der Waals surface area (Å²) in [6.07, 6.45) is 0.152. The lowest BCUT2D eigenvalue weighted by molar-refractivity contribution is 0.214. The number of rotatable bonds is 5. The quantitative estimate of drug-likeness (QED) is 0.875. The molecule has 20 heavy (non-hydrogen) atoms. The van der Waals surface area contributed by atoms with Gasteiger partial charge in [-0.05, 0) is 24.0 Å². The Bertz CT molecular complexity index is 547. The van der Waals surface area contributed by atoms with E-state index in [-0.39, 0.29) is 13.0 Å². The van der Waals surface area contributed by atoms with E-state index >= 15 is 0 Å². The molecule has 0 fully saturated rings. The molecule has 1 atom stereocenters. The van der Waals surface area contributed by atoms with Gasteiger partial charge in [-0.15, -0.1) is 0 Å². The van der Waals surface area contributed by atoms with E-state index in [9.17, 15) is 17.2 Å². The van der Waals surface area contributed by atoms with Crippen molar-refractivity contribution in [2.24, 2.45) is 5.41 Å². The van der Waals surface area contributed by atoms with Crippen LogP contribution in [-0.2, 0) is 10.0 Å². The van der Waals surface area contributed by atoms with E-state index in [2.05, 4.69) is 4.72 Å². The van der Waals surface area contributed by atoms with Gasteiger partial charge in [0.15, 0.2) is 4.90 Å². The standard InChI is InChI=1S/C13H19F2NO3S/c1-13(2,3)11(7-8-17)16-20(18,19)12-9(14)5-4-6-10(12)15/h4-6,11,16-17H,7-8H2,1-3H3. The number of hydrogen-bond acceptors (Lipinski definition) is 3. The molecule has 0 radical (unpaired) electrons. The van der Waals surface area contributed by atoms with Gasteiger partial charge in [0.1, 0.15) is 11.6 Å². The molecule has 1 aromatic carbocycles. The maximum atomic E-state index is 13.6. The Labute approximate surface area is 117 Å². The predicted molar refractivity (Wildman–Crippen MR) is 71.6 cm³/mol. The molecule has 0 spiro atoms. The fraction of sp³-hybridized carbons (Fsp3) is 0.538. The van der Waals surface area contributed by atoms with Crippen molar-refractivity contribution in [1.82, 2.24) is 4.72 Å². The third-order valence-electron chi connectivity index (χ3n) is 2.95. The molecule has 114 valence electrons. The lowest BCUT2D eigenvalue weighted by Gasteiger charge is -2.30. The number of benzene rings is 1. The first-order valence-electron chi connectivity index (χ1n) is 6.17. The first kappa shape index (κ1) is 17.0. The van der Waals surface area contributed by atoms with E-state index in [1.807, 2.05) is 0 Å². The molecule has 0 aliphatic heterocycles. The number of aliphatic hydroxyl groups excluding tert-OH is 1. The van der Waals surface area contributed by atoms with E-state index in [0.717, 1.165) is 18.2 Å². The van der Waals surface area contributed by atoms with Crippen LogP contribution in [0.1, 0.15) is 27.2 Å². The summed E-state index contributed by atoms with van der Waals surface area (Å²) in [6.45, 7) is 5.08. The van der Waals surface area contributed by atoms with Gasteiger partial charge in [0.05, 0.1) is 0 Å². The van der Waals surface area contributed by atoms with Crippen molar-refractivity contribution >= 4 is 10.0 Å². The summed E-state index contributed by atoms with van der Waals surface area (Å²) in [5, 5.41) is 8.99. The van der Waals surface area contributed by atoms with Crippen LogP contribution in [0.5, 0.6) is 0 Å². The number of sulfonamides is 1. The Morgan fingerprint density at radius 1 is 1.25 bits per heavy atom. The van der Waals surface area contributed by atoms with E-state index in [0.29, 0.717) is 0 Å². The monoisotopic (exact) mass is 307 g/mol. The second-order valence-electron chi connectivity index (χ2n) is 5.60. The van der Waals surface area contributed by atoms with Crippen molar-refractivity contribution < 1.29 is 22.3 Å². The average molecular weight is 307 g/mol. The van der Waals surface area contributed by atoms with E-state index in [4.69, 9.17) is 5.11 Å². The van der Waals surface area contributed by atoms with Crippen molar-refractivity contribution in [2.75, 3.05) is 6.61 Å². The van der Waals surface area contributed by atoms with E-state index in [1.54, 1.807) is 20.8 Å². The molecule has 0 aliphatic carbocycles.